The standard InChI is InChI=1S/C17H21FN2O2S/c1-12(8-13-4-3-5-15(18)9-13)20-16(21)19-11-17(2,22)14-6-7-23-10-14/h3-7,9-10,12,22H,8,11H2,1-2H3,(H2,19,20,21). The molecule has 0 saturated heterocycles. The number of benzene rings is 1. The first-order valence-electron chi connectivity index (χ1n) is 7.41. The van der Waals surface area contributed by atoms with E-state index in [2.05, 4.69) is 10.6 Å². The number of carbonyl (C=O) groups is 1. The molecule has 1 heterocycles. The number of carbonyl (C=O) groups excluding carboxylic acids is 1. The summed E-state index contributed by atoms with van der Waals surface area (Å²) < 4.78 is 13.1. The number of thiophene rings is 1. The van der Waals surface area contributed by atoms with Crippen LogP contribution in [0, 0.1) is 5.82 Å². The third-order valence-corrected chi connectivity index (χ3v) is 4.23. The number of nitrogens with one attached hydrogen (secondary N) is 2. The van der Waals surface area contributed by atoms with Crippen LogP contribution in [0.2, 0.25) is 0 Å². The van der Waals surface area contributed by atoms with Gasteiger partial charge in [-0.2, -0.15) is 11.3 Å². The van der Waals surface area contributed by atoms with Gasteiger partial charge in [0.2, 0.25) is 0 Å². The van der Waals surface area contributed by atoms with Crippen LogP contribution in [0.5, 0.6) is 0 Å². The second kappa shape index (κ2) is 7.57. The molecule has 6 heteroatoms. The molecule has 0 fully saturated rings. The Morgan fingerprint density at radius 3 is 2.87 bits per heavy atom. The number of hydrogen-bond donors (Lipinski definition) is 3. The lowest BCUT2D eigenvalue weighted by Gasteiger charge is -2.23. The summed E-state index contributed by atoms with van der Waals surface area (Å²) in [5.74, 6) is -0.286. The van der Waals surface area contributed by atoms with Gasteiger partial charge in [-0.15, -0.1) is 0 Å². The molecule has 4 nitrogen and oxygen atoms in total. The largest absolute Gasteiger partial charge is 0.384 e. The molecule has 0 radical (unpaired) electrons. The number of hydrogen-bond acceptors (Lipinski definition) is 3. The van der Waals surface area contributed by atoms with E-state index in [0.29, 0.717) is 6.42 Å². The minimum Gasteiger partial charge on any atom is -0.384 e. The van der Waals surface area contributed by atoms with Gasteiger partial charge >= 0.3 is 6.03 Å². The molecule has 23 heavy (non-hydrogen) atoms. The minimum absolute atomic E-state index is 0.113. The lowest BCUT2D eigenvalue weighted by molar-refractivity contribution is 0.0597. The molecule has 2 unspecified atom stereocenters. The van der Waals surface area contributed by atoms with E-state index in [0.717, 1.165) is 11.1 Å². The van der Waals surface area contributed by atoms with E-state index in [1.807, 2.05) is 29.8 Å². The fourth-order valence-corrected chi connectivity index (χ4v) is 3.05. The van der Waals surface area contributed by atoms with Crippen molar-refractivity contribution in [2.24, 2.45) is 0 Å². The summed E-state index contributed by atoms with van der Waals surface area (Å²) in [4.78, 5) is 11.9. The van der Waals surface area contributed by atoms with Crippen LogP contribution < -0.4 is 10.6 Å². The molecule has 0 aliphatic carbocycles. The SMILES string of the molecule is CC(Cc1cccc(F)c1)NC(=O)NCC(C)(O)c1ccsc1. The maximum Gasteiger partial charge on any atom is 0.315 e. The molecular weight excluding hydrogens is 315 g/mol. The molecule has 3 N–H and O–H groups in total. The van der Waals surface area contributed by atoms with Crippen molar-refractivity contribution in [1.82, 2.24) is 10.6 Å². The van der Waals surface area contributed by atoms with Crippen LogP contribution in [0.3, 0.4) is 0 Å². The summed E-state index contributed by atoms with van der Waals surface area (Å²) in [6, 6.07) is 7.64. The summed E-state index contributed by atoms with van der Waals surface area (Å²) in [5.41, 5.74) is 0.488. The van der Waals surface area contributed by atoms with Crippen LogP contribution in [-0.4, -0.2) is 23.7 Å². The van der Waals surface area contributed by atoms with Crippen molar-refractivity contribution in [3.63, 3.8) is 0 Å². The van der Waals surface area contributed by atoms with Crippen molar-refractivity contribution in [2.75, 3.05) is 6.54 Å². The Labute approximate surface area is 139 Å². The van der Waals surface area contributed by atoms with Crippen LogP contribution in [0.1, 0.15) is 25.0 Å². The quantitative estimate of drug-likeness (QED) is 0.759. The van der Waals surface area contributed by atoms with E-state index in [1.165, 1.54) is 23.5 Å². The highest BCUT2D eigenvalue weighted by molar-refractivity contribution is 7.08. The molecule has 1 aromatic heterocycles. The molecule has 0 saturated carbocycles. The first-order chi connectivity index (χ1) is 10.9. The monoisotopic (exact) mass is 336 g/mol. The third-order valence-electron chi connectivity index (χ3n) is 3.54. The Morgan fingerprint density at radius 1 is 1.43 bits per heavy atom. The molecule has 124 valence electrons. The van der Waals surface area contributed by atoms with E-state index >= 15 is 0 Å². The van der Waals surface area contributed by atoms with Crippen molar-refractivity contribution < 1.29 is 14.3 Å². The first kappa shape index (κ1) is 17.4. The van der Waals surface area contributed by atoms with Crippen molar-refractivity contribution in [3.05, 3.63) is 58.0 Å². The second-order valence-corrected chi connectivity index (χ2v) is 6.63. The van der Waals surface area contributed by atoms with Gasteiger partial charge in [-0.1, -0.05) is 12.1 Å². The van der Waals surface area contributed by atoms with E-state index in [1.54, 1.807) is 13.0 Å². The summed E-state index contributed by atoms with van der Waals surface area (Å²) in [7, 11) is 0. The fraction of sp³-hybridized carbons (Fsp3) is 0.353. The average molecular weight is 336 g/mol. The second-order valence-electron chi connectivity index (χ2n) is 5.85. The smallest absolute Gasteiger partial charge is 0.315 e. The molecule has 2 rings (SSSR count). The van der Waals surface area contributed by atoms with E-state index in [-0.39, 0.29) is 24.4 Å². The predicted molar refractivity (Wildman–Crippen MR) is 90.0 cm³/mol. The van der Waals surface area contributed by atoms with E-state index in [9.17, 15) is 14.3 Å². The minimum atomic E-state index is -1.11. The molecule has 1 aromatic carbocycles. The molecule has 0 spiro atoms. The zero-order chi connectivity index (χ0) is 16.9. The number of urea groups is 1. The molecule has 2 atom stereocenters. The fourth-order valence-electron chi connectivity index (χ4n) is 2.27. The van der Waals surface area contributed by atoms with Gasteiger partial charge in [-0.05, 0) is 60.4 Å². The van der Waals surface area contributed by atoms with Gasteiger partial charge in [0.15, 0.2) is 0 Å². The van der Waals surface area contributed by atoms with Crippen LogP contribution in [0.15, 0.2) is 41.1 Å². The third kappa shape index (κ3) is 5.33. The van der Waals surface area contributed by atoms with Gasteiger partial charge in [0.25, 0.3) is 0 Å². The van der Waals surface area contributed by atoms with E-state index in [4.69, 9.17) is 0 Å². The summed E-state index contributed by atoms with van der Waals surface area (Å²) >= 11 is 1.49. The average Bonchev–Trinajstić information content (AvgIpc) is 3.00. The van der Waals surface area contributed by atoms with Gasteiger partial charge in [-0.3, -0.25) is 0 Å². The van der Waals surface area contributed by atoms with Gasteiger partial charge in [-0.25, -0.2) is 9.18 Å². The predicted octanol–water partition coefficient (Wildman–Crippen LogP) is 3.03. The van der Waals surface area contributed by atoms with Crippen molar-refractivity contribution in [2.45, 2.75) is 31.9 Å². The van der Waals surface area contributed by atoms with Crippen molar-refractivity contribution >= 4 is 17.4 Å². The van der Waals surface area contributed by atoms with Crippen molar-refractivity contribution in [1.29, 1.82) is 0 Å². The highest BCUT2D eigenvalue weighted by Gasteiger charge is 2.24. The molecule has 0 bridgehead atoms. The Morgan fingerprint density at radius 2 is 2.22 bits per heavy atom. The number of rotatable bonds is 6. The Hall–Kier alpha value is -1.92. The van der Waals surface area contributed by atoms with Crippen LogP contribution in [-0.2, 0) is 12.0 Å². The molecule has 2 aromatic rings. The lowest BCUT2D eigenvalue weighted by atomic mass is 9.99. The molecule has 0 aliphatic heterocycles. The zero-order valence-corrected chi connectivity index (χ0v) is 14.0. The van der Waals surface area contributed by atoms with Gasteiger partial charge < -0.3 is 15.7 Å². The summed E-state index contributed by atoms with van der Waals surface area (Å²) in [6.45, 7) is 3.62. The highest BCUT2D eigenvalue weighted by Crippen LogP contribution is 2.21. The van der Waals surface area contributed by atoms with E-state index < -0.39 is 5.60 Å². The lowest BCUT2D eigenvalue weighted by Crippen LogP contribution is -2.46. The van der Waals surface area contributed by atoms with Gasteiger partial charge in [0.1, 0.15) is 11.4 Å². The van der Waals surface area contributed by atoms with Crippen LogP contribution in [0.25, 0.3) is 0 Å². The molecular formula is C17H21FN2O2S. The molecule has 2 amide bonds. The Balaban J connectivity index is 1.80. The topological polar surface area (TPSA) is 61.4 Å². The summed E-state index contributed by atoms with van der Waals surface area (Å²) in [5, 5.41) is 19.5. The summed E-state index contributed by atoms with van der Waals surface area (Å²) in [6.07, 6.45) is 0.534. The van der Waals surface area contributed by atoms with Crippen molar-refractivity contribution in [3.8, 4) is 0 Å². The Bertz CT molecular complexity index is 644. The Kier molecular flexibility index (Phi) is 5.74. The normalized spacial score (nSPS) is 14.8. The first-order valence-corrected chi connectivity index (χ1v) is 8.35. The number of aliphatic hydroxyl groups is 1. The number of halogens is 1. The highest BCUT2D eigenvalue weighted by atomic mass is 32.1. The van der Waals surface area contributed by atoms with Crippen LogP contribution >= 0.6 is 11.3 Å². The van der Waals surface area contributed by atoms with Crippen LogP contribution in [0.4, 0.5) is 9.18 Å². The maximum atomic E-state index is 13.1. The number of amides is 2. The van der Waals surface area contributed by atoms with Gasteiger partial charge in [0.05, 0.1) is 6.54 Å². The maximum absolute atomic E-state index is 13.1. The zero-order valence-electron chi connectivity index (χ0n) is 13.2. The molecule has 0 aliphatic rings. The van der Waals surface area contributed by atoms with Gasteiger partial charge in [0, 0.05) is 6.04 Å².